The topological polar surface area (TPSA) is 62.9 Å². The summed E-state index contributed by atoms with van der Waals surface area (Å²) < 4.78 is 5.48. The number of rotatable bonds is 5. The number of nitrogens with zero attached hydrogens (tertiary/aromatic N) is 2. The van der Waals surface area contributed by atoms with Crippen molar-refractivity contribution in [3.8, 4) is 0 Å². The lowest BCUT2D eigenvalue weighted by Crippen LogP contribution is -2.40. The smallest absolute Gasteiger partial charge is 0.193 e. The molecule has 0 aliphatic carbocycles. The molecule has 26 heavy (non-hydrogen) atoms. The highest BCUT2D eigenvalue weighted by molar-refractivity contribution is 14.0. The van der Waals surface area contributed by atoms with Gasteiger partial charge in [-0.25, -0.2) is 0 Å². The van der Waals surface area contributed by atoms with E-state index in [1.54, 1.807) is 11.3 Å². The fourth-order valence-corrected chi connectivity index (χ4v) is 4.03. The molecule has 1 aromatic heterocycles. The second kappa shape index (κ2) is 10.2. The number of anilines is 1. The van der Waals surface area contributed by atoms with Crippen molar-refractivity contribution < 1.29 is 4.74 Å². The molecule has 1 fully saturated rings. The minimum absolute atomic E-state index is 0. The van der Waals surface area contributed by atoms with Crippen LogP contribution in [0.5, 0.6) is 0 Å². The summed E-state index contributed by atoms with van der Waals surface area (Å²) in [5.74, 6) is 0.458. The lowest BCUT2D eigenvalue weighted by molar-refractivity contribution is 0.0187. The molecule has 2 aromatic rings. The first-order chi connectivity index (χ1) is 12.1. The van der Waals surface area contributed by atoms with Crippen molar-refractivity contribution in [2.24, 2.45) is 10.7 Å². The summed E-state index contributed by atoms with van der Waals surface area (Å²) in [5.41, 5.74) is 9.54. The number of hydrogen-bond donors (Lipinski definition) is 2. The van der Waals surface area contributed by atoms with Gasteiger partial charge in [0.1, 0.15) is 0 Å². The fraction of sp³-hybridized carbons (Fsp3) is 0.421. The van der Waals surface area contributed by atoms with Crippen molar-refractivity contribution in [3.05, 3.63) is 51.7 Å². The molecule has 1 aliphatic rings. The van der Waals surface area contributed by atoms with E-state index in [0.717, 1.165) is 32.0 Å². The number of halogens is 1. The molecule has 1 unspecified atom stereocenters. The van der Waals surface area contributed by atoms with E-state index in [1.807, 2.05) is 0 Å². The van der Waals surface area contributed by atoms with E-state index < -0.39 is 0 Å². The highest BCUT2D eigenvalue weighted by Crippen LogP contribution is 2.26. The maximum Gasteiger partial charge on any atom is 0.193 e. The minimum atomic E-state index is 0. The Kier molecular flexibility index (Phi) is 8.33. The Morgan fingerprint density at radius 2 is 1.96 bits per heavy atom. The van der Waals surface area contributed by atoms with Crippen molar-refractivity contribution in [1.82, 2.24) is 4.90 Å². The van der Waals surface area contributed by atoms with Gasteiger partial charge in [0, 0.05) is 23.7 Å². The lowest BCUT2D eigenvalue weighted by atomic mass is 10.1. The third kappa shape index (κ3) is 5.94. The second-order valence-electron chi connectivity index (χ2n) is 6.41. The van der Waals surface area contributed by atoms with E-state index >= 15 is 0 Å². The monoisotopic (exact) mass is 486 g/mol. The summed E-state index contributed by atoms with van der Waals surface area (Å²) in [6.45, 7) is 8.23. The van der Waals surface area contributed by atoms with Crippen LogP contribution in [0.15, 0.2) is 40.7 Å². The standard InChI is InChI=1S/C19H26N4OS.HI/c1-14-10-15(2)12-16(11-14)22-19(20)21-13-17(18-4-3-9-25-18)23-5-7-24-8-6-23;/h3-4,9-12,17H,5-8,13H2,1-2H3,(H3,20,21,22);1H. The van der Waals surface area contributed by atoms with E-state index in [4.69, 9.17) is 10.5 Å². The first-order valence-electron chi connectivity index (χ1n) is 8.62. The van der Waals surface area contributed by atoms with Crippen LogP contribution in [0.4, 0.5) is 5.69 Å². The molecule has 3 N–H and O–H groups in total. The van der Waals surface area contributed by atoms with E-state index in [-0.39, 0.29) is 30.0 Å². The fourth-order valence-electron chi connectivity index (χ4n) is 3.17. The second-order valence-corrected chi connectivity index (χ2v) is 7.39. The van der Waals surface area contributed by atoms with Crippen LogP contribution in [-0.2, 0) is 4.74 Å². The normalized spacial score (nSPS) is 16.8. The molecule has 0 spiro atoms. The molecule has 5 nitrogen and oxygen atoms in total. The van der Waals surface area contributed by atoms with Gasteiger partial charge in [-0.15, -0.1) is 35.3 Å². The van der Waals surface area contributed by atoms with Crippen LogP contribution < -0.4 is 11.1 Å². The average Bonchev–Trinajstić information content (AvgIpc) is 3.09. The van der Waals surface area contributed by atoms with Crippen molar-refractivity contribution in [2.45, 2.75) is 19.9 Å². The minimum Gasteiger partial charge on any atom is -0.379 e. The number of nitrogens with one attached hydrogen (secondary N) is 1. The molecule has 1 aromatic carbocycles. The SMILES string of the molecule is Cc1cc(C)cc(NC(N)=NCC(c2cccs2)N2CCOCC2)c1.I. The first-order valence-corrected chi connectivity index (χ1v) is 9.50. The van der Waals surface area contributed by atoms with Gasteiger partial charge in [0.2, 0.25) is 0 Å². The highest BCUT2D eigenvalue weighted by atomic mass is 127. The molecule has 0 bridgehead atoms. The summed E-state index contributed by atoms with van der Waals surface area (Å²) in [7, 11) is 0. The zero-order chi connectivity index (χ0) is 17.6. The van der Waals surface area contributed by atoms with Gasteiger partial charge >= 0.3 is 0 Å². The summed E-state index contributed by atoms with van der Waals surface area (Å²) >= 11 is 1.77. The lowest BCUT2D eigenvalue weighted by Gasteiger charge is -2.33. The number of guanidine groups is 1. The number of aliphatic imine (C=N–C) groups is 1. The van der Waals surface area contributed by atoms with Crippen molar-refractivity contribution in [2.75, 3.05) is 38.2 Å². The predicted octanol–water partition coefficient (Wildman–Crippen LogP) is 3.78. The molecular weight excluding hydrogens is 459 g/mol. The number of morpholine rings is 1. The van der Waals surface area contributed by atoms with Gasteiger partial charge in [-0.2, -0.15) is 0 Å². The Bertz CT molecular complexity index is 694. The zero-order valence-electron chi connectivity index (χ0n) is 15.3. The van der Waals surface area contributed by atoms with E-state index in [9.17, 15) is 0 Å². The Morgan fingerprint density at radius 3 is 2.58 bits per heavy atom. The summed E-state index contributed by atoms with van der Waals surface area (Å²) in [6.07, 6.45) is 0. The van der Waals surface area contributed by atoms with E-state index in [1.165, 1.54) is 16.0 Å². The van der Waals surface area contributed by atoms with Gasteiger partial charge < -0.3 is 15.8 Å². The van der Waals surface area contributed by atoms with Crippen LogP contribution in [0.1, 0.15) is 22.0 Å². The Morgan fingerprint density at radius 1 is 1.27 bits per heavy atom. The van der Waals surface area contributed by atoms with Gasteiger partial charge in [-0.05, 0) is 48.6 Å². The number of hydrogen-bond acceptors (Lipinski definition) is 4. The van der Waals surface area contributed by atoms with Crippen LogP contribution in [-0.4, -0.2) is 43.7 Å². The number of benzene rings is 1. The largest absolute Gasteiger partial charge is 0.379 e. The maximum atomic E-state index is 6.14. The van der Waals surface area contributed by atoms with Crippen LogP contribution in [0, 0.1) is 13.8 Å². The van der Waals surface area contributed by atoms with Crippen molar-refractivity contribution >= 4 is 47.0 Å². The van der Waals surface area contributed by atoms with Gasteiger partial charge in [0.15, 0.2) is 5.96 Å². The third-order valence-corrected chi connectivity index (χ3v) is 5.26. The first kappa shape index (κ1) is 21.1. The van der Waals surface area contributed by atoms with Crippen LogP contribution in [0.3, 0.4) is 0 Å². The molecule has 0 radical (unpaired) electrons. The molecule has 0 saturated carbocycles. The van der Waals surface area contributed by atoms with Gasteiger partial charge in [0.05, 0.1) is 25.8 Å². The molecule has 1 aliphatic heterocycles. The van der Waals surface area contributed by atoms with E-state index in [2.05, 4.69) is 64.8 Å². The quantitative estimate of drug-likeness (QED) is 0.384. The molecular formula is C19H27IN4OS. The molecule has 1 saturated heterocycles. The zero-order valence-corrected chi connectivity index (χ0v) is 18.4. The number of ether oxygens (including phenoxy) is 1. The van der Waals surface area contributed by atoms with Crippen molar-refractivity contribution in [1.29, 1.82) is 0 Å². The molecule has 2 heterocycles. The maximum absolute atomic E-state index is 6.14. The van der Waals surface area contributed by atoms with E-state index in [0.29, 0.717) is 12.5 Å². The average molecular weight is 486 g/mol. The van der Waals surface area contributed by atoms with Gasteiger partial charge in [-0.3, -0.25) is 9.89 Å². The molecule has 0 amide bonds. The Hall–Kier alpha value is -1.16. The van der Waals surface area contributed by atoms with Crippen LogP contribution in [0.2, 0.25) is 0 Å². The van der Waals surface area contributed by atoms with Crippen LogP contribution >= 0.6 is 35.3 Å². The molecule has 3 rings (SSSR count). The van der Waals surface area contributed by atoms with Gasteiger partial charge in [-0.1, -0.05) is 12.1 Å². The number of nitrogens with two attached hydrogens (primary N) is 1. The summed E-state index contributed by atoms with van der Waals surface area (Å²) in [5, 5.41) is 5.33. The van der Waals surface area contributed by atoms with Crippen LogP contribution in [0.25, 0.3) is 0 Å². The van der Waals surface area contributed by atoms with Gasteiger partial charge in [0.25, 0.3) is 0 Å². The number of aryl methyl sites for hydroxylation is 2. The molecule has 1 atom stereocenters. The third-order valence-electron chi connectivity index (χ3n) is 4.29. The summed E-state index contributed by atoms with van der Waals surface area (Å²) in [6, 6.07) is 10.8. The molecule has 7 heteroatoms. The number of thiophene rings is 1. The van der Waals surface area contributed by atoms with Crippen molar-refractivity contribution in [3.63, 3.8) is 0 Å². The summed E-state index contributed by atoms with van der Waals surface area (Å²) in [4.78, 5) is 8.38. The Labute approximate surface area is 176 Å². The molecule has 142 valence electrons. The predicted molar refractivity (Wildman–Crippen MR) is 121 cm³/mol. The highest BCUT2D eigenvalue weighted by Gasteiger charge is 2.23. The Balaban J connectivity index is 0.00000243.